The van der Waals surface area contributed by atoms with Crippen LogP contribution in [0.5, 0.6) is 0 Å². The summed E-state index contributed by atoms with van der Waals surface area (Å²) in [5.74, 6) is 0. The number of anilines is 1. The Bertz CT molecular complexity index is 588. The van der Waals surface area contributed by atoms with Gasteiger partial charge in [-0.2, -0.15) is 0 Å². The van der Waals surface area contributed by atoms with Crippen LogP contribution >= 0.6 is 27.5 Å². The van der Waals surface area contributed by atoms with Crippen molar-refractivity contribution < 1.29 is 13.2 Å². The molecule has 1 aliphatic carbocycles. The molecule has 0 saturated heterocycles. The van der Waals surface area contributed by atoms with Gasteiger partial charge in [0.15, 0.2) is 0 Å². The van der Waals surface area contributed by atoms with Crippen LogP contribution in [0.25, 0.3) is 0 Å². The number of methoxy groups -OCH3 is 1. The molecule has 0 heterocycles. The minimum atomic E-state index is -3.64. The van der Waals surface area contributed by atoms with Gasteiger partial charge in [0.1, 0.15) is 0 Å². The fraction of sp³-hybridized carbons (Fsp3) is 0.455. The first-order valence-electron chi connectivity index (χ1n) is 5.63. The first kappa shape index (κ1) is 15.1. The molecular formula is C11H14BrClN2O3S. The van der Waals surface area contributed by atoms with Gasteiger partial charge in [0, 0.05) is 23.9 Å². The molecule has 3 N–H and O–H groups in total. The van der Waals surface area contributed by atoms with Crippen LogP contribution in [0.4, 0.5) is 5.69 Å². The van der Waals surface area contributed by atoms with Gasteiger partial charge in [0.25, 0.3) is 0 Å². The van der Waals surface area contributed by atoms with Crippen LogP contribution in [0.15, 0.2) is 21.5 Å². The molecule has 1 aromatic rings. The van der Waals surface area contributed by atoms with E-state index in [1.165, 1.54) is 12.1 Å². The van der Waals surface area contributed by atoms with Crippen molar-refractivity contribution in [1.82, 2.24) is 4.72 Å². The van der Waals surface area contributed by atoms with Gasteiger partial charge in [-0.3, -0.25) is 0 Å². The van der Waals surface area contributed by atoms with Crippen molar-refractivity contribution in [3.8, 4) is 0 Å². The van der Waals surface area contributed by atoms with Crippen LogP contribution in [0, 0.1) is 0 Å². The molecule has 106 valence electrons. The maximum Gasteiger partial charge on any atom is 0.242 e. The van der Waals surface area contributed by atoms with Gasteiger partial charge in [-0.1, -0.05) is 11.6 Å². The SMILES string of the molecule is COC1CC(NS(=O)(=O)c2cc(Cl)cc(N)c2Br)C1. The van der Waals surface area contributed by atoms with Crippen LogP contribution in [0.1, 0.15) is 12.8 Å². The highest BCUT2D eigenvalue weighted by atomic mass is 79.9. The first-order chi connectivity index (χ1) is 8.83. The molecule has 19 heavy (non-hydrogen) atoms. The van der Waals surface area contributed by atoms with Crippen molar-refractivity contribution in [2.24, 2.45) is 0 Å². The van der Waals surface area contributed by atoms with Gasteiger partial charge in [-0.25, -0.2) is 13.1 Å². The predicted octanol–water partition coefficient (Wildman–Crippen LogP) is 2.14. The van der Waals surface area contributed by atoms with Gasteiger partial charge >= 0.3 is 0 Å². The maximum absolute atomic E-state index is 12.3. The molecule has 8 heteroatoms. The van der Waals surface area contributed by atoms with Crippen LogP contribution in [0.2, 0.25) is 5.02 Å². The second kappa shape index (κ2) is 5.57. The molecular weight excluding hydrogens is 356 g/mol. The zero-order chi connectivity index (χ0) is 14.2. The molecule has 5 nitrogen and oxygen atoms in total. The molecule has 0 amide bonds. The number of benzene rings is 1. The van der Waals surface area contributed by atoms with Gasteiger partial charge in [-0.15, -0.1) is 0 Å². The molecule has 0 aliphatic heterocycles. The third kappa shape index (κ3) is 3.22. The summed E-state index contributed by atoms with van der Waals surface area (Å²) in [6.07, 6.45) is 1.47. The van der Waals surface area contributed by atoms with E-state index >= 15 is 0 Å². The Labute approximate surface area is 125 Å². The number of hydrogen-bond acceptors (Lipinski definition) is 4. The van der Waals surface area contributed by atoms with Crippen LogP contribution < -0.4 is 10.5 Å². The third-order valence-corrected chi connectivity index (χ3v) is 5.98. The number of hydrogen-bond donors (Lipinski definition) is 2. The Morgan fingerprint density at radius 2 is 2.11 bits per heavy atom. The quantitative estimate of drug-likeness (QED) is 0.797. The van der Waals surface area contributed by atoms with E-state index in [4.69, 9.17) is 22.1 Å². The smallest absolute Gasteiger partial charge is 0.242 e. The lowest BCUT2D eigenvalue weighted by Gasteiger charge is -2.34. The summed E-state index contributed by atoms with van der Waals surface area (Å²) in [5.41, 5.74) is 5.98. The number of nitrogen functional groups attached to an aromatic ring is 1. The average Bonchev–Trinajstić information content (AvgIpc) is 2.27. The monoisotopic (exact) mass is 368 g/mol. The van der Waals surface area contributed by atoms with Crippen molar-refractivity contribution in [3.63, 3.8) is 0 Å². The Morgan fingerprint density at radius 1 is 1.47 bits per heavy atom. The van der Waals surface area contributed by atoms with Crippen LogP contribution in [-0.4, -0.2) is 27.7 Å². The summed E-state index contributed by atoms with van der Waals surface area (Å²) in [6, 6.07) is 2.76. The van der Waals surface area contributed by atoms with E-state index in [1.807, 2.05) is 0 Å². The minimum Gasteiger partial charge on any atom is -0.398 e. The second-order valence-electron chi connectivity index (χ2n) is 4.45. The summed E-state index contributed by atoms with van der Waals surface area (Å²) in [4.78, 5) is 0.0540. The fourth-order valence-electron chi connectivity index (χ4n) is 1.92. The number of halogens is 2. The van der Waals surface area contributed by atoms with Crippen molar-refractivity contribution in [2.45, 2.75) is 29.9 Å². The summed E-state index contributed by atoms with van der Waals surface area (Å²) in [6.45, 7) is 0. The predicted molar refractivity (Wildman–Crippen MR) is 77.7 cm³/mol. The van der Waals surface area contributed by atoms with E-state index < -0.39 is 10.0 Å². The lowest BCUT2D eigenvalue weighted by Crippen LogP contribution is -2.47. The van der Waals surface area contributed by atoms with Gasteiger partial charge in [-0.05, 0) is 40.9 Å². The molecule has 0 spiro atoms. The Hall–Kier alpha value is -0.340. The van der Waals surface area contributed by atoms with E-state index in [9.17, 15) is 8.42 Å². The topological polar surface area (TPSA) is 81.4 Å². The highest BCUT2D eigenvalue weighted by molar-refractivity contribution is 9.10. The molecule has 0 atom stereocenters. The maximum atomic E-state index is 12.3. The van der Waals surface area contributed by atoms with Gasteiger partial charge in [0.05, 0.1) is 15.5 Å². The van der Waals surface area contributed by atoms with E-state index in [-0.39, 0.29) is 27.8 Å². The normalized spacial score (nSPS) is 23.1. The van der Waals surface area contributed by atoms with E-state index in [0.29, 0.717) is 17.3 Å². The average molecular weight is 370 g/mol. The highest BCUT2D eigenvalue weighted by Gasteiger charge is 2.33. The number of nitrogens with one attached hydrogen (secondary N) is 1. The summed E-state index contributed by atoms with van der Waals surface area (Å²) in [5, 5.41) is 0.282. The molecule has 1 aliphatic rings. The molecule has 0 unspecified atom stereocenters. The molecule has 0 radical (unpaired) electrons. The minimum absolute atomic E-state index is 0.0540. The summed E-state index contributed by atoms with van der Waals surface area (Å²) < 4.78 is 32.6. The van der Waals surface area contributed by atoms with E-state index in [2.05, 4.69) is 20.7 Å². The standard InChI is InChI=1S/C11H14BrClN2O3S/c1-18-8-4-7(5-8)15-19(16,17)10-3-6(13)2-9(14)11(10)12/h2-3,7-8,15H,4-5,14H2,1H3. The molecule has 1 fully saturated rings. The Kier molecular flexibility index (Phi) is 4.42. The lowest BCUT2D eigenvalue weighted by atomic mass is 9.90. The van der Waals surface area contributed by atoms with Crippen molar-refractivity contribution in [3.05, 3.63) is 21.6 Å². The van der Waals surface area contributed by atoms with Crippen molar-refractivity contribution in [2.75, 3.05) is 12.8 Å². The number of rotatable bonds is 4. The van der Waals surface area contributed by atoms with E-state index in [1.54, 1.807) is 7.11 Å². The lowest BCUT2D eigenvalue weighted by molar-refractivity contribution is 0.0236. The summed E-state index contributed by atoms with van der Waals surface area (Å²) in [7, 11) is -2.03. The molecule has 1 saturated carbocycles. The highest BCUT2D eigenvalue weighted by Crippen LogP contribution is 2.32. The number of sulfonamides is 1. The second-order valence-corrected chi connectivity index (χ2v) is 7.37. The van der Waals surface area contributed by atoms with Crippen molar-refractivity contribution in [1.29, 1.82) is 0 Å². The van der Waals surface area contributed by atoms with Crippen LogP contribution in [-0.2, 0) is 14.8 Å². The van der Waals surface area contributed by atoms with Gasteiger partial charge in [0.2, 0.25) is 10.0 Å². The fourth-order valence-corrected chi connectivity index (χ4v) is 4.47. The summed E-state index contributed by atoms with van der Waals surface area (Å²) >= 11 is 9.02. The number of ether oxygens (including phenoxy) is 1. The largest absolute Gasteiger partial charge is 0.398 e. The van der Waals surface area contributed by atoms with Gasteiger partial charge < -0.3 is 10.5 Å². The first-order valence-corrected chi connectivity index (χ1v) is 8.28. The van der Waals surface area contributed by atoms with Crippen LogP contribution in [0.3, 0.4) is 0 Å². The zero-order valence-electron chi connectivity index (χ0n) is 10.2. The third-order valence-electron chi connectivity index (χ3n) is 3.07. The Morgan fingerprint density at radius 3 is 2.68 bits per heavy atom. The zero-order valence-corrected chi connectivity index (χ0v) is 13.3. The molecule has 0 bridgehead atoms. The number of nitrogens with two attached hydrogens (primary N) is 1. The molecule has 1 aromatic carbocycles. The Balaban J connectivity index is 2.21. The molecule has 0 aromatic heterocycles. The molecule has 2 rings (SSSR count). The van der Waals surface area contributed by atoms with E-state index in [0.717, 1.165) is 0 Å². The van der Waals surface area contributed by atoms with Crippen molar-refractivity contribution >= 4 is 43.2 Å².